The quantitative estimate of drug-likeness (QED) is 0.669. The molecule has 6 heteroatoms. The van der Waals surface area contributed by atoms with Gasteiger partial charge in [0.25, 0.3) is 0 Å². The Kier molecular flexibility index (Phi) is 4.35. The summed E-state index contributed by atoms with van der Waals surface area (Å²) in [5.74, 6) is -0.499. The second kappa shape index (κ2) is 5.32. The van der Waals surface area contributed by atoms with Crippen molar-refractivity contribution in [2.24, 2.45) is 5.92 Å². The number of hydrogen-bond donors (Lipinski definition) is 0. The number of likely N-dealkylation sites (N-methyl/N-ethyl adjacent to an activating group) is 1. The predicted molar refractivity (Wildman–Crippen MR) is 54.0 cm³/mol. The zero-order valence-corrected chi connectivity index (χ0v) is 9.49. The number of ether oxygens (including phenoxy) is 2. The minimum Gasteiger partial charge on any atom is -0.453 e. The van der Waals surface area contributed by atoms with Gasteiger partial charge in [-0.05, 0) is 0 Å². The number of methoxy groups -OCH3 is 1. The van der Waals surface area contributed by atoms with E-state index in [1.165, 1.54) is 12.0 Å². The largest absolute Gasteiger partial charge is 0.453 e. The van der Waals surface area contributed by atoms with Gasteiger partial charge < -0.3 is 14.4 Å². The Bertz CT molecular complexity index is 258. The number of Topliss-reactive ketones (excluding diaryl/α,β-unsaturated/α-hetero) is 1. The van der Waals surface area contributed by atoms with Crippen molar-refractivity contribution in [2.75, 3.05) is 33.3 Å². The highest BCUT2D eigenvalue weighted by atomic mass is 35.5. The molecular weight excluding hydrogens is 222 g/mol. The third-order valence-electron chi connectivity index (χ3n) is 2.56. The minimum atomic E-state index is -0.474. The van der Waals surface area contributed by atoms with E-state index in [4.69, 9.17) is 16.3 Å². The molecule has 0 aromatic heterocycles. The number of nitrogens with zero attached hydrogens (tertiary/aromatic N) is 1. The zero-order valence-electron chi connectivity index (χ0n) is 8.73. The number of hydrogen-bond acceptors (Lipinski definition) is 4. The lowest BCUT2D eigenvalue weighted by molar-refractivity contribution is -0.121. The molecule has 0 aromatic carbocycles. The molecule has 1 aliphatic heterocycles. The van der Waals surface area contributed by atoms with E-state index in [-0.39, 0.29) is 23.6 Å². The van der Waals surface area contributed by atoms with Crippen LogP contribution in [0.2, 0.25) is 0 Å². The number of ketones is 1. The van der Waals surface area contributed by atoms with Gasteiger partial charge in [-0.2, -0.15) is 0 Å². The van der Waals surface area contributed by atoms with Crippen molar-refractivity contribution in [3.05, 3.63) is 0 Å². The third-order valence-corrected chi connectivity index (χ3v) is 2.82. The van der Waals surface area contributed by atoms with Crippen LogP contribution in [0.3, 0.4) is 0 Å². The van der Waals surface area contributed by atoms with Crippen LogP contribution >= 0.6 is 11.6 Å². The Labute approximate surface area is 93.3 Å². The molecule has 0 aliphatic carbocycles. The monoisotopic (exact) mass is 235 g/mol. The number of alkyl halides is 1. The first-order valence-electron chi connectivity index (χ1n) is 4.59. The summed E-state index contributed by atoms with van der Waals surface area (Å²) < 4.78 is 9.75. The lowest BCUT2D eigenvalue weighted by atomic mass is 9.99. The van der Waals surface area contributed by atoms with E-state index in [0.29, 0.717) is 13.2 Å². The molecule has 0 bridgehead atoms. The zero-order chi connectivity index (χ0) is 11.4. The Morgan fingerprint density at radius 2 is 2.20 bits per heavy atom. The van der Waals surface area contributed by atoms with Gasteiger partial charge in [0.1, 0.15) is 0 Å². The summed E-state index contributed by atoms with van der Waals surface area (Å²) in [5, 5.41) is 0. The maximum Gasteiger partial charge on any atom is 0.409 e. The topological polar surface area (TPSA) is 55.8 Å². The molecule has 0 radical (unpaired) electrons. The van der Waals surface area contributed by atoms with Gasteiger partial charge in [0.15, 0.2) is 5.78 Å². The van der Waals surface area contributed by atoms with Crippen LogP contribution in [0.1, 0.15) is 0 Å². The number of halogens is 1. The van der Waals surface area contributed by atoms with Gasteiger partial charge in [-0.15, -0.1) is 11.6 Å². The van der Waals surface area contributed by atoms with Gasteiger partial charge in [-0.25, -0.2) is 4.79 Å². The predicted octanol–water partition coefficient (Wildman–Crippen LogP) is 0.507. The number of carbonyl (C=O) groups is 2. The first-order chi connectivity index (χ1) is 7.11. The van der Waals surface area contributed by atoms with Gasteiger partial charge in [-0.3, -0.25) is 4.79 Å². The van der Waals surface area contributed by atoms with Crippen molar-refractivity contribution in [2.45, 2.75) is 6.04 Å². The van der Waals surface area contributed by atoms with Crippen molar-refractivity contribution in [1.82, 2.24) is 4.90 Å². The second-order valence-corrected chi connectivity index (χ2v) is 3.66. The molecule has 5 nitrogen and oxygen atoms in total. The minimum absolute atomic E-state index is 0.0560. The van der Waals surface area contributed by atoms with Crippen molar-refractivity contribution in [1.29, 1.82) is 0 Å². The summed E-state index contributed by atoms with van der Waals surface area (Å²) in [6.45, 7) is 0.663. The Morgan fingerprint density at radius 1 is 1.53 bits per heavy atom. The van der Waals surface area contributed by atoms with Crippen LogP contribution in [-0.4, -0.2) is 56.1 Å². The first kappa shape index (κ1) is 12.3. The van der Waals surface area contributed by atoms with Gasteiger partial charge in [0.2, 0.25) is 0 Å². The van der Waals surface area contributed by atoms with E-state index in [9.17, 15) is 9.59 Å². The highest BCUT2D eigenvalue weighted by Gasteiger charge is 2.38. The highest BCUT2D eigenvalue weighted by molar-refractivity contribution is 6.28. The Balaban J connectivity index is 2.67. The first-order valence-corrected chi connectivity index (χ1v) is 5.12. The van der Waals surface area contributed by atoms with Crippen LogP contribution in [0, 0.1) is 5.92 Å². The fourth-order valence-corrected chi connectivity index (χ4v) is 1.81. The van der Waals surface area contributed by atoms with Crippen molar-refractivity contribution < 1.29 is 19.1 Å². The third kappa shape index (κ3) is 2.60. The molecule has 1 amide bonds. The van der Waals surface area contributed by atoms with Crippen LogP contribution in [0.25, 0.3) is 0 Å². The molecule has 0 saturated carbocycles. The van der Waals surface area contributed by atoms with E-state index >= 15 is 0 Å². The Hall–Kier alpha value is -0.810. The normalized spacial score (nSPS) is 25.0. The summed E-state index contributed by atoms with van der Waals surface area (Å²) in [5.41, 5.74) is 0. The van der Waals surface area contributed by atoms with Crippen LogP contribution in [0.5, 0.6) is 0 Å². The maximum atomic E-state index is 11.4. The van der Waals surface area contributed by atoms with Crippen molar-refractivity contribution >= 4 is 23.5 Å². The smallest absolute Gasteiger partial charge is 0.409 e. The molecule has 0 spiro atoms. The molecular formula is C9H14ClNO4. The average Bonchev–Trinajstić information content (AvgIpc) is 2.74. The van der Waals surface area contributed by atoms with E-state index in [1.54, 1.807) is 7.05 Å². The summed E-state index contributed by atoms with van der Waals surface area (Å²) in [6, 6.07) is -0.274. The second-order valence-electron chi connectivity index (χ2n) is 3.39. The fraction of sp³-hybridized carbons (Fsp3) is 0.778. The molecule has 1 saturated heterocycles. The van der Waals surface area contributed by atoms with Crippen molar-refractivity contribution in [3.63, 3.8) is 0 Å². The van der Waals surface area contributed by atoms with Crippen molar-refractivity contribution in [3.8, 4) is 0 Å². The fourth-order valence-electron chi connectivity index (χ4n) is 1.61. The van der Waals surface area contributed by atoms with Gasteiger partial charge in [0, 0.05) is 7.05 Å². The average molecular weight is 236 g/mol. The summed E-state index contributed by atoms with van der Waals surface area (Å²) in [7, 11) is 2.88. The molecule has 2 unspecified atom stereocenters. The van der Waals surface area contributed by atoms with Crippen LogP contribution in [0.4, 0.5) is 4.79 Å². The number of rotatable bonds is 3. The maximum absolute atomic E-state index is 11.4. The molecule has 1 heterocycles. The Morgan fingerprint density at radius 3 is 2.73 bits per heavy atom. The van der Waals surface area contributed by atoms with Crippen LogP contribution in [-0.2, 0) is 14.3 Å². The molecule has 0 N–H and O–H groups in total. The van der Waals surface area contributed by atoms with Gasteiger partial charge in [0.05, 0.1) is 38.2 Å². The molecule has 15 heavy (non-hydrogen) atoms. The highest BCUT2D eigenvalue weighted by Crippen LogP contribution is 2.20. The van der Waals surface area contributed by atoms with E-state index in [0.717, 1.165) is 0 Å². The summed E-state index contributed by atoms with van der Waals surface area (Å²) in [4.78, 5) is 24.1. The van der Waals surface area contributed by atoms with Gasteiger partial charge in [-0.1, -0.05) is 0 Å². The molecule has 1 aliphatic rings. The lowest BCUT2D eigenvalue weighted by Gasteiger charge is -2.25. The number of carbonyl (C=O) groups excluding carboxylic acids is 2. The van der Waals surface area contributed by atoms with Crippen LogP contribution in [0.15, 0.2) is 0 Å². The van der Waals surface area contributed by atoms with Gasteiger partial charge >= 0.3 is 6.09 Å². The SMILES string of the molecule is COC(=O)N(C)C1COCC1C(=O)CCl. The molecule has 2 atom stereocenters. The van der Waals surface area contributed by atoms with E-state index in [2.05, 4.69) is 4.74 Å². The van der Waals surface area contributed by atoms with Crippen LogP contribution < -0.4 is 0 Å². The molecule has 86 valence electrons. The van der Waals surface area contributed by atoms with E-state index < -0.39 is 6.09 Å². The lowest BCUT2D eigenvalue weighted by Crippen LogP contribution is -2.44. The standard InChI is InChI=1S/C9H14ClNO4/c1-11(9(13)14-2)7-5-15-4-6(7)8(12)3-10/h6-7H,3-5H2,1-2H3. The molecule has 1 rings (SSSR count). The summed E-state index contributed by atoms with van der Waals surface area (Å²) in [6.07, 6.45) is -0.474. The van der Waals surface area contributed by atoms with E-state index in [1.807, 2.05) is 0 Å². The number of amides is 1. The summed E-state index contributed by atoms with van der Waals surface area (Å²) >= 11 is 5.48. The molecule has 0 aromatic rings. The molecule has 1 fully saturated rings.